The number of nitrogens with zero attached hydrogens (tertiary/aromatic N) is 1. The zero-order valence-corrected chi connectivity index (χ0v) is 6.74. The first-order valence-electron chi connectivity index (χ1n) is 3.75. The van der Waals surface area contributed by atoms with Crippen molar-refractivity contribution in [3.05, 3.63) is 29.8 Å². The molecule has 0 radical (unpaired) electrons. The zero-order chi connectivity index (χ0) is 8.55. The minimum atomic E-state index is -0.0614. The molecule has 0 atom stereocenters. The van der Waals surface area contributed by atoms with Gasteiger partial charge in [0.15, 0.2) is 0 Å². The Morgan fingerprint density at radius 1 is 1.50 bits per heavy atom. The van der Waals surface area contributed by atoms with Crippen LogP contribution in [0.15, 0.2) is 22.9 Å². The van der Waals surface area contributed by atoms with Gasteiger partial charge in [0, 0.05) is 23.3 Å². The average molecular weight is 163 g/mol. The van der Waals surface area contributed by atoms with E-state index in [1.54, 1.807) is 18.5 Å². The van der Waals surface area contributed by atoms with Crippen molar-refractivity contribution in [2.45, 2.75) is 13.5 Å². The lowest BCUT2D eigenvalue weighted by molar-refractivity contribution is 0.251. The van der Waals surface area contributed by atoms with Gasteiger partial charge in [0.1, 0.15) is 18.0 Å². The summed E-state index contributed by atoms with van der Waals surface area (Å²) in [6.45, 7) is 1.87. The highest BCUT2D eigenvalue weighted by atomic mass is 16.4. The van der Waals surface area contributed by atoms with Crippen LogP contribution in [0.4, 0.5) is 0 Å². The number of aryl methyl sites for hydroxylation is 1. The van der Waals surface area contributed by atoms with E-state index in [-0.39, 0.29) is 6.61 Å². The van der Waals surface area contributed by atoms with Gasteiger partial charge in [0.2, 0.25) is 0 Å². The Bertz CT molecular complexity index is 406. The van der Waals surface area contributed by atoms with E-state index < -0.39 is 0 Å². The molecule has 0 aromatic carbocycles. The second-order valence-corrected chi connectivity index (χ2v) is 2.75. The van der Waals surface area contributed by atoms with E-state index >= 15 is 0 Å². The molecule has 1 N–H and O–H groups in total. The number of pyridine rings is 1. The van der Waals surface area contributed by atoms with Crippen molar-refractivity contribution in [2.75, 3.05) is 0 Å². The number of fused-ring (bicyclic) bond motifs is 1. The van der Waals surface area contributed by atoms with Crippen molar-refractivity contribution < 1.29 is 9.52 Å². The number of hydrogen-bond acceptors (Lipinski definition) is 3. The maximum atomic E-state index is 8.82. The first-order chi connectivity index (χ1) is 5.81. The van der Waals surface area contributed by atoms with Crippen molar-refractivity contribution >= 4 is 11.0 Å². The normalized spacial score (nSPS) is 10.8. The molecule has 0 fully saturated rings. The Morgan fingerprint density at radius 3 is 3.00 bits per heavy atom. The van der Waals surface area contributed by atoms with E-state index in [0.717, 1.165) is 16.5 Å². The summed E-state index contributed by atoms with van der Waals surface area (Å²) in [5.74, 6) is 0.584. The summed E-state index contributed by atoms with van der Waals surface area (Å²) in [4.78, 5) is 4.02. The fraction of sp³-hybridized carbons (Fsp3) is 0.222. The second kappa shape index (κ2) is 2.60. The summed E-state index contributed by atoms with van der Waals surface area (Å²) in [6.07, 6.45) is 3.47. The number of aliphatic hydroxyl groups excluding tert-OH is 1. The predicted molar refractivity (Wildman–Crippen MR) is 44.7 cm³/mol. The molecule has 0 bridgehead atoms. The largest absolute Gasteiger partial charge is 0.458 e. The van der Waals surface area contributed by atoms with E-state index in [2.05, 4.69) is 4.98 Å². The second-order valence-electron chi connectivity index (χ2n) is 2.75. The van der Waals surface area contributed by atoms with Crippen LogP contribution < -0.4 is 0 Å². The third-order valence-corrected chi connectivity index (χ3v) is 1.81. The molecular weight excluding hydrogens is 154 g/mol. The van der Waals surface area contributed by atoms with E-state index in [1.165, 1.54) is 0 Å². The van der Waals surface area contributed by atoms with E-state index in [0.29, 0.717) is 5.76 Å². The molecule has 0 aliphatic heterocycles. The molecule has 3 nitrogen and oxygen atoms in total. The van der Waals surface area contributed by atoms with Crippen molar-refractivity contribution in [2.24, 2.45) is 0 Å². The summed E-state index contributed by atoms with van der Waals surface area (Å²) >= 11 is 0. The SMILES string of the molecule is Cc1cncc2cc(CO)oc12. The van der Waals surface area contributed by atoms with Crippen molar-refractivity contribution in [3.8, 4) is 0 Å². The number of hydrogen-bond donors (Lipinski definition) is 1. The van der Waals surface area contributed by atoms with Crippen LogP contribution in [0.25, 0.3) is 11.0 Å². The zero-order valence-electron chi connectivity index (χ0n) is 6.74. The fourth-order valence-electron chi connectivity index (χ4n) is 1.23. The van der Waals surface area contributed by atoms with Crippen LogP contribution >= 0.6 is 0 Å². The Labute approximate surface area is 69.7 Å². The number of aliphatic hydroxyl groups is 1. The first kappa shape index (κ1) is 7.31. The quantitative estimate of drug-likeness (QED) is 0.695. The Morgan fingerprint density at radius 2 is 2.33 bits per heavy atom. The van der Waals surface area contributed by atoms with E-state index in [1.807, 2.05) is 6.92 Å². The van der Waals surface area contributed by atoms with Crippen molar-refractivity contribution in [3.63, 3.8) is 0 Å². The minimum absolute atomic E-state index is 0.0614. The van der Waals surface area contributed by atoms with Crippen LogP contribution in [0.3, 0.4) is 0 Å². The summed E-state index contributed by atoms with van der Waals surface area (Å²) in [6, 6.07) is 1.80. The highest BCUT2D eigenvalue weighted by Gasteiger charge is 2.04. The van der Waals surface area contributed by atoms with Crippen LogP contribution in [0.5, 0.6) is 0 Å². The van der Waals surface area contributed by atoms with Crippen molar-refractivity contribution in [1.29, 1.82) is 0 Å². The van der Waals surface area contributed by atoms with Crippen molar-refractivity contribution in [1.82, 2.24) is 4.98 Å². The molecule has 2 aromatic rings. The molecule has 12 heavy (non-hydrogen) atoms. The van der Waals surface area contributed by atoms with Gasteiger partial charge in [-0.1, -0.05) is 0 Å². The topological polar surface area (TPSA) is 46.3 Å². The summed E-state index contributed by atoms with van der Waals surface area (Å²) in [7, 11) is 0. The molecule has 0 aliphatic rings. The standard InChI is InChI=1S/C9H9NO2/c1-6-3-10-4-7-2-8(5-11)12-9(6)7/h2-4,11H,5H2,1H3. The van der Waals surface area contributed by atoms with Gasteiger partial charge in [-0.05, 0) is 13.0 Å². The van der Waals surface area contributed by atoms with E-state index in [4.69, 9.17) is 9.52 Å². The molecule has 0 saturated heterocycles. The molecule has 0 unspecified atom stereocenters. The molecule has 0 saturated carbocycles. The Hall–Kier alpha value is -1.35. The van der Waals surface area contributed by atoms with Gasteiger partial charge >= 0.3 is 0 Å². The molecular formula is C9H9NO2. The molecule has 62 valence electrons. The lowest BCUT2D eigenvalue weighted by Gasteiger charge is -1.90. The van der Waals surface area contributed by atoms with Crippen LogP contribution in [-0.2, 0) is 6.61 Å². The number of furan rings is 1. The fourth-order valence-corrected chi connectivity index (χ4v) is 1.23. The minimum Gasteiger partial charge on any atom is -0.458 e. The Balaban J connectivity index is 2.74. The van der Waals surface area contributed by atoms with Gasteiger partial charge in [-0.25, -0.2) is 0 Å². The predicted octanol–water partition coefficient (Wildman–Crippen LogP) is 1.63. The number of rotatable bonds is 1. The molecule has 2 rings (SSSR count). The number of aromatic nitrogens is 1. The molecule has 0 aliphatic carbocycles. The summed E-state index contributed by atoms with van der Waals surface area (Å²) in [5, 5.41) is 9.76. The summed E-state index contributed by atoms with van der Waals surface area (Å²) in [5.41, 5.74) is 1.81. The van der Waals surface area contributed by atoms with Crippen LogP contribution in [0.1, 0.15) is 11.3 Å². The van der Waals surface area contributed by atoms with Gasteiger partial charge in [-0.3, -0.25) is 4.98 Å². The highest BCUT2D eigenvalue weighted by molar-refractivity contribution is 5.79. The average Bonchev–Trinajstić information content (AvgIpc) is 2.49. The Kier molecular flexibility index (Phi) is 1.59. The molecule has 3 heteroatoms. The van der Waals surface area contributed by atoms with Gasteiger partial charge in [-0.2, -0.15) is 0 Å². The molecule has 0 amide bonds. The van der Waals surface area contributed by atoms with Crippen LogP contribution in [0, 0.1) is 6.92 Å². The van der Waals surface area contributed by atoms with Gasteiger partial charge in [-0.15, -0.1) is 0 Å². The first-order valence-corrected chi connectivity index (χ1v) is 3.75. The smallest absolute Gasteiger partial charge is 0.140 e. The van der Waals surface area contributed by atoms with Crippen LogP contribution in [-0.4, -0.2) is 10.1 Å². The lowest BCUT2D eigenvalue weighted by Crippen LogP contribution is -1.75. The van der Waals surface area contributed by atoms with Crippen LogP contribution in [0.2, 0.25) is 0 Å². The van der Waals surface area contributed by atoms with Gasteiger partial charge < -0.3 is 9.52 Å². The maximum absolute atomic E-state index is 8.82. The van der Waals surface area contributed by atoms with Gasteiger partial charge in [0.05, 0.1) is 0 Å². The lowest BCUT2D eigenvalue weighted by atomic mass is 10.2. The third kappa shape index (κ3) is 0.987. The molecule has 2 aromatic heterocycles. The highest BCUT2D eigenvalue weighted by Crippen LogP contribution is 2.20. The monoisotopic (exact) mass is 163 g/mol. The molecule has 2 heterocycles. The maximum Gasteiger partial charge on any atom is 0.140 e. The summed E-state index contributed by atoms with van der Waals surface area (Å²) < 4.78 is 5.36. The third-order valence-electron chi connectivity index (χ3n) is 1.81. The van der Waals surface area contributed by atoms with Gasteiger partial charge in [0.25, 0.3) is 0 Å². The van der Waals surface area contributed by atoms with E-state index in [9.17, 15) is 0 Å². The molecule has 0 spiro atoms.